The molecule has 1 fully saturated rings. The van der Waals surface area contributed by atoms with Gasteiger partial charge in [0.1, 0.15) is 5.78 Å². The molecule has 6 heteroatoms. The van der Waals surface area contributed by atoms with Crippen molar-refractivity contribution in [2.45, 2.75) is 46.0 Å². The molecule has 1 rings (SSSR count). The molecule has 0 aromatic rings. The van der Waals surface area contributed by atoms with E-state index < -0.39 is 6.09 Å². The molecule has 126 valence electrons. The summed E-state index contributed by atoms with van der Waals surface area (Å²) in [7, 11) is 1.28. The molecular weight excluding hydrogens is 284 g/mol. The van der Waals surface area contributed by atoms with Gasteiger partial charge >= 0.3 is 6.09 Å². The molecule has 0 unspecified atom stereocenters. The third kappa shape index (κ3) is 8.00. The molecule has 2 N–H and O–H groups in total. The maximum atomic E-state index is 11.9. The Bertz CT molecular complexity index is 392. The highest BCUT2D eigenvalue weighted by Gasteiger charge is 2.31. The largest absolute Gasteiger partial charge is 0.453 e. The summed E-state index contributed by atoms with van der Waals surface area (Å²) in [6, 6.07) is 0. The standard InChI is InChI=1S/C16H28N2O4/c1-11(2)8-12(9-14(19)13-4-5-13)10-18-15(20)6-7-17-16(21)22-3/h11-13H,4-10H2,1-3H3,(H,17,21)(H,18,20)/t12-/m0/s1. The Labute approximate surface area is 132 Å². The third-order valence-corrected chi connectivity index (χ3v) is 3.72. The SMILES string of the molecule is COC(=O)NCCC(=O)NC[C@H](CC(=O)C1CC1)CC(C)C. The van der Waals surface area contributed by atoms with E-state index in [-0.39, 0.29) is 30.7 Å². The van der Waals surface area contributed by atoms with Crippen molar-refractivity contribution in [3.8, 4) is 0 Å². The van der Waals surface area contributed by atoms with Crippen LogP contribution in [0.25, 0.3) is 0 Å². The van der Waals surface area contributed by atoms with Gasteiger partial charge in [-0.05, 0) is 31.1 Å². The number of ether oxygens (including phenoxy) is 1. The van der Waals surface area contributed by atoms with Gasteiger partial charge in [0.25, 0.3) is 0 Å². The minimum Gasteiger partial charge on any atom is -0.453 e. The van der Waals surface area contributed by atoms with Gasteiger partial charge in [0, 0.05) is 31.8 Å². The van der Waals surface area contributed by atoms with Crippen LogP contribution in [0.4, 0.5) is 4.79 Å². The van der Waals surface area contributed by atoms with Gasteiger partial charge in [0.05, 0.1) is 7.11 Å². The van der Waals surface area contributed by atoms with Crippen LogP contribution in [0.1, 0.15) is 46.0 Å². The second-order valence-electron chi connectivity index (χ2n) is 6.41. The summed E-state index contributed by atoms with van der Waals surface area (Å²) in [6.45, 7) is 5.01. The molecular formula is C16H28N2O4. The topological polar surface area (TPSA) is 84.5 Å². The molecule has 0 aliphatic heterocycles. The molecule has 1 saturated carbocycles. The first-order chi connectivity index (χ1) is 10.4. The van der Waals surface area contributed by atoms with Crippen molar-refractivity contribution < 1.29 is 19.1 Å². The van der Waals surface area contributed by atoms with E-state index in [1.54, 1.807) is 0 Å². The first kappa shape index (κ1) is 18.5. The van der Waals surface area contributed by atoms with Gasteiger partial charge in [-0.1, -0.05) is 13.8 Å². The summed E-state index contributed by atoms with van der Waals surface area (Å²) in [5.41, 5.74) is 0. The second kappa shape index (κ2) is 9.43. The molecule has 1 aliphatic carbocycles. The van der Waals surface area contributed by atoms with E-state index in [9.17, 15) is 14.4 Å². The number of alkyl carbamates (subject to hydrolysis) is 1. The van der Waals surface area contributed by atoms with Crippen LogP contribution in [-0.2, 0) is 14.3 Å². The number of methoxy groups -OCH3 is 1. The van der Waals surface area contributed by atoms with Crippen LogP contribution in [0.3, 0.4) is 0 Å². The average Bonchev–Trinajstić information content (AvgIpc) is 3.28. The molecule has 0 aromatic carbocycles. The molecule has 22 heavy (non-hydrogen) atoms. The maximum absolute atomic E-state index is 11.9. The van der Waals surface area contributed by atoms with Gasteiger partial charge < -0.3 is 15.4 Å². The molecule has 6 nitrogen and oxygen atoms in total. The van der Waals surface area contributed by atoms with Gasteiger partial charge in [-0.2, -0.15) is 0 Å². The molecule has 0 spiro atoms. The number of rotatable bonds is 10. The van der Waals surface area contributed by atoms with Crippen molar-refractivity contribution >= 4 is 17.8 Å². The van der Waals surface area contributed by atoms with Crippen molar-refractivity contribution in [1.29, 1.82) is 0 Å². The first-order valence-corrected chi connectivity index (χ1v) is 8.03. The maximum Gasteiger partial charge on any atom is 0.406 e. The summed E-state index contributed by atoms with van der Waals surface area (Å²) in [4.78, 5) is 34.6. The van der Waals surface area contributed by atoms with Gasteiger partial charge in [-0.3, -0.25) is 9.59 Å². The quantitative estimate of drug-likeness (QED) is 0.645. The normalized spacial score (nSPS) is 15.3. The zero-order chi connectivity index (χ0) is 16.5. The van der Waals surface area contributed by atoms with E-state index in [0.717, 1.165) is 19.3 Å². The van der Waals surface area contributed by atoms with E-state index in [1.165, 1.54) is 7.11 Å². The van der Waals surface area contributed by atoms with Gasteiger partial charge in [0.2, 0.25) is 5.91 Å². The van der Waals surface area contributed by atoms with Gasteiger partial charge in [0.15, 0.2) is 0 Å². The first-order valence-electron chi connectivity index (χ1n) is 8.03. The lowest BCUT2D eigenvalue weighted by Gasteiger charge is -2.19. The Balaban J connectivity index is 2.27. The fourth-order valence-electron chi connectivity index (χ4n) is 2.46. The smallest absolute Gasteiger partial charge is 0.406 e. The minimum absolute atomic E-state index is 0.121. The summed E-state index contributed by atoms with van der Waals surface area (Å²) in [5, 5.41) is 5.32. The predicted octanol–water partition coefficient (Wildman–Crippen LogP) is 1.88. The molecule has 1 aliphatic rings. The highest BCUT2D eigenvalue weighted by Crippen LogP contribution is 2.32. The number of hydrogen-bond donors (Lipinski definition) is 2. The Morgan fingerprint density at radius 1 is 1.18 bits per heavy atom. The summed E-state index contributed by atoms with van der Waals surface area (Å²) >= 11 is 0. The fraction of sp³-hybridized carbons (Fsp3) is 0.812. The van der Waals surface area contributed by atoms with Crippen LogP contribution in [0.15, 0.2) is 0 Å². The molecule has 0 heterocycles. The number of amides is 2. The zero-order valence-electron chi connectivity index (χ0n) is 13.8. The number of carbonyl (C=O) groups excluding carboxylic acids is 3. The number of Topliss-reactive ketones (excluding diaryl/α,β-unsaturated/α-hetero) is 1. The summed E-state index contributed by atoms with van der Waals surface area (Å²) in [5.74, 6) is 1.19. The summed E-state index contributed by atoms with van der Waals surface area (Å²) in [6.07, 6.45) is 3.21. The lowest BCUT2D eigenvalue weighted by Crippen LogP contribution is -2.34. The lowest BCUT2D eigenvalue weighted by atomic mass is 9.91. The molecule has 2 amide bonds. The van der Waals surface area contributed by atoms with Crippen molar-refractivity contribution in [2.24, 2.45) is 17.8 Å². The van der Waals surface area contributed by atoms with Crippen molar-refractivity contribution in [3.05, 3.63) is 0 Å². The van der Waals surface area contributed by atoms with Crippen LogP contribution in [0.2, 0.25) is 0 Å². The third-order valence-electron chi connectivity index (χ3n) is 3.72. The Hall–Kier alpha value is -1.59. The highest BCUT2D eigenvalue weighted by atomic mass is 16.5. The number of ketones is 1. The van der Waals surface area contributed by atoms with E-state index in [1.807, 2.05) is 0 Å². The fourth-order valence-corrected chi connectivity index (χ4v) is 2.46. The van der Waals surface area contributed by atoms with Gasteiger partial charge in [-0.25, -0.2) is 4.79 Å². The molecule has 1 atom stereocenters. The van der Waals surface area contributed by atoms with E-state index >= 15 is 0 Å². The van der Waals surface area contributed by atoms with Crippen LogP contribution in [0.5, 0.6) is 0 Å². The monoisotopic (exact) mass is 312 g/mol. The van der Waals surface area contributed by atoms with Crippen LogP contribution < -0.4 is 10.6 Å². The molecule has 0 aromatic heterocycles. The molecule has 0 saturated heterocycles. The predicted molar refractivity (Wildman–Crippen MR) is 83.3 cm³/mol. The van der Waals surface area contributed by atoms with Crippen molar-refractivity contribution in [2.75, 3.05) is 20.2 Å². The molecule has 0 bridgehead atoms. The van der Waals surface area contributed by atoms with Gasteiger partial charge in [-0.15, -0.1) is 0 Å². The van der Waals surface area contributed by atoms with Crippen molar-refractivity contribution in [3.63, 3.8) is 0 Å². The highest BCUT2D eigenvalue weighted by molar-refractivity contribution is 5.83. The van der Waals surface area contributed by atoms with Crippen LogP contribution in [-0.4, -0.2) is 38.0 Å². The zero-order valence-corrected chi connectivity index (χ0v) is 13.8. The Morgan fingerprint density at radius 3 is 2.41 bits per heavy atom. The minimum atomic E-state index is -0.541. The number of nitrogens with one attached hydrogen (secondary N) is 2. The summed E-state index contributed by atoms with van der Waals surface area (Å²) < 4.78 is 4.43. The Morgan fingerprint density at radius 2 is 1.86 bits per heavy atom. The van der Waals surface area contributed by atoms with E-state index in [0.29, 0.717) is 24.7 Å². The Kier molecular flexibility index (Phi) is 7.91. The van der Waals surface area contributed by atoms with Crippen LogP contribution in [0, 0.1) is 17.8 Å². The lowest BCUT2D eigenvalue weighted by molar-refractivity contribution is -0.123. The molecule has 0 radical (unpaired) electrons. The number of carbonyl (C=O) groups is 3. The second-order valence-corrected chi connectivity index (χ2v) is 6.41. The number of hydrogen-bond acceptors (Lipinski definition) is 4. The average molecular weight is 312 g/mol. The van der Waals surface area contributed by atoms with E-state index in [4.69, 9.17) is 0 Å². The van der Waals surface area contributed by atoms with Crippen molar-refractivity contribution in [1.82, 2.24) is 10.6 Å². The van der Waals surface area contributed by atoms with E-state index in [2.05, 4.69) is 29.2 Å². The van der Waals surface area contributed by atoms with Crippen LogP contribution >= 0.6 is 0 Å².